The highest BCUT2D eigenvalue weighted by Gasteiger charge is 2.41. The lowest BCUT2D eigenvalue weighted by atomic mass is 10.1. The number of sulfonamides is 1. The fourth-order valence-corrected chi connectivity index (χ4v) is 5.70. The molecular formula is C12H18N2O4S2. The van der Waals surface area contributed by atoms with Crippen LogP contribution in [0.1, 0.15) is 25.0 Å². The van der Waals surface area contributed by atoms with E-state index in [0.29, 0.717) is 25.5 Å². The van der Waals surface area contributed by atoms with Crippen LogP contribution in [0.5, 0.6) is 0 Å². The number of H-pyrrole nitrogens is 1. The highest BCUT2D eigenvalue weighted by Crippen LogP contribution is 2.35. The maximum Gasteiger partial charge on any atom is 0.305 e. The quantitative estimate of drug-likeness (QED) is 0.876. The van der Waals surface area contributed by atoms with Crippen molar-refractivity contribution in [2.75, 3.05) is 19.8 Å². The van der Waals surface area contributed by atoms with Gasteiger partial charge in [0.2, 0.25) is 0 Å². The summed E-state index contributed by atoms with van der Waals surface area (Å²) in [5.41, 5.74) is 0.438. The Kier molecular flexibility index (Phi) is 3.74. The summed E-state index contributed by atoms with van der Waals surface area (Å²) in [4.78, 5) is 13.6. The molecule has 20 heavy (non-hydrogen) atoms. The van der Waals surface area contributed by atoms with Crippen molar-refractivity contribution in [2.45, 2.75) is 36.4 Å². The van der Waals surface area contributed by atoms with Gasteiger partial charge in [0.05, 0.1) is 6.61 Å². The fraction of sp³-hybridized carbons (Fsp3) is 0.750. The first-order chi connectivity index (χ1) is 9.48. The first kappa shape index (κ1) is 14.2. The molecule has 0 spiro atoms. The van der Waals surface area contributed by atoms with Crippen LogP contribution in [-0.2, 0) is 14.8 Å². The molecule has 6 nitrogen and oxygen atoms in total. The monoisotopic (exact) mass is 318 g/mol. The number of hydrogen-bond donors (Lipinski definition) is 1. The topological polar surface area (TPSA) is 79.5 Å². The Hall–Kier alpha value is -0.700. The van der Waals surface area contributed by atoms with Gasteiger partial charge >= 0.3 is 4.87 Å². The molecule has 1 N–H and O–H groups in total. The van der Waals surface area contributed by atoms with E-state index in [1.165, 1.54) is 0 Å². The van der Waals surface area contributed by atoms with Gasteiger partial charge in [0.1, 0.15) is 0 Å². The highest BCUT2D eigenvalue weighted by atomic mass is 32.2. The van der Waals surface area contributed by atoms with Crippen molar-refractivity contribution in [3.8, 4) is 0 Å². The molecule has 2 fully saturated rings. The number of rotatable bonds is 5. The number of aromatic nitrogens is 1. The first-order valence-electron chi connectivity index (χ1n) is 6.78. The van der Waals surface area contributed by atoms with E-state index < -0.39 is 10.0 Å². The van der Waals surface area contributed by atoms with Crippen molar-refractivity contribution < 1.29 is 13.2 Å². The molecule has 1 saturated carbocycles. The number of nitrogens with one attached hydrogen (secondary N) is 1. The van der Waals surface area contributed by atoms with Crippen molar-refractivity contribution >= 4 is 21.4 Å². The van der Waals surface area contributed by atoms with E-state index in [1.54, 1.807) is 11.2 Å². The Bertz CT molecular complexity index is 639. The number of hydrogen-bond acceptors (Lipinski definition) is 5. The molecule has 1 unspecified atom stereocenters. The summed E-state index contributed by atoms with van der Waals surface area (Å²) in [7, 11) is -3.57. The van der Waals surface area contributed by atoms with E-state index in [1.807, 2.05) is 0 Å². The molecule has 1 aromatic heterocycles. The van der Waals surface area contributed by atoms with Gasteiger partial charge in [0.25, 0.3) is 10.0 Å². The van der Waals surface area contributed by atoms with E-state index >= 15 is 0 Å². The highest BCUT2D eigenvalue weighted by molar-refractivity contribution is 7.91. The summed E-state index contributed by atoms with van der Waals surface area (Å²) in [6.45, 7) is 3.47. The summed E-state index contributed by atoms with van der Waals surface area (Å²) in [5, 5.41) is 0. The number of nitrogens with zero attached hydrogens (tertiary/aromatic N) is 1. The predicted octanol–water partition coefficient (Wildman–Crippen LogP) is 0.934. The van der Waals surface area contributed by atoms with Gasteiger partial charge in [-0.2, -0.15) is 4.31 Å². The summed E-state index contributed by atoms with van der Waals surface area (Å²) < 4.78 is 32.6. The second-order valence-electron chi connectivity index (χ2n) is 5.46. The Morgan fingerprint density at radius 3 is 2.65 bits per heavy atom. The second-order valence-corrected chi connectivity index (χ2v) is 8.53. The molecule has 3 rings (SSSR count). The average molecular weight is 318 g/mol. The molecule has 1 aliphatic carbocycles. The van der Waals surface area contributed by atoms with Crippen LogP contribution >= 0.6 is 11.3 Å². The van der Waals surface area contributed by atoms with E-state index in [-0.39, 0.29) is 21.0 Å². The minimum absolute atomic E-state index is 0.0946. The molecule has 1 aliphatic heterocycles. The Morgan fingerprint density at radius 1 is 1.40 bits per heavy atom. The van der Waals surface area contributed by atoms with Crippen LogP contribution in [0, 0.1) is 12.8 Å². The molecule has 8 heteroatoms. The summed E-state index contributed by atoms with van der Waals surface area (Å²) in [6, 6.07) is 0.0946. The Morgan fingerprint density at radius 2 is 2.15 bits per heavy atom. The van der Waals surface area contributed by atoms with Gasteiger partial charge in [0.15, 0.2) is 4.21 Å². The standard InChI is InChI=1S/C12H18N2O4S2/c1-8-11(19-12(15)13-8)20(16,17)14(10-2-3-10)6-9-4-5-18-7-9/h9-10H,2-7H2,1H3,(H,13,15). The molecule has 1 saturated heterocycles. The maximum atomic E-state index is 12.8. The van der Waals surface area contributed by atoms with Crippen LogP contribution in [0.15, 0.2) is 9.00 Å². The van der Waals surface area contributed by atoms with Gasteiger partial charge in [0, 0.05) is 24.9 Å². The summed E-state index contributed by atoms with van der Waals surface area (Å²) >= 11 is 0.781. The van der Waals surface area contributed by atoms with Gasteiger partial charge in [-0.05, 0) is 32.1 Å². The summed E-state index contributed by atoms with van der Waals surface area (Å²) in [6.07, 6.45) is 2.72. The lowest BCUT2D eigenvalue weighted by Gasteiger charge is -2.23. The molecule has 1 aromatic rings. The molecule has 2 heterocycles. The average Bonchev–Trinajstić information content (AvgIpc) is 2.96. The number of thiazole rings is 1. The van der Waals surface area contributed by atoms with Gasteiger partial charge in [-0.25, -0.2) is 8.42 Å². The molecule has 2 aliphatic rings. The van der Waals surface area contributed by atoms with Crippen molar-refractivity contribution in [1.29, 1.82) is 0 Å². The van der Waals surface area contributed by atoms with Crippen molar-refractivity contribution in [3.05, 3.63) is 15.4 Å². The van der Waals surface area contributed by atoms with Gasteiger partial charge < -0.3 is 9.72 Å². The third kappa shape index (κ3) is 2.69. The minimum Gasteiger partial charge on any atom is -0.381 e. The zero-order valence-electron chi connectivity index (χ0n) is 11.3. The third-order valence-electron chi connectivity index (χ3n) is 3.74. The van der Waals surface area contributed by atoms with Crippen LogP contribution in [0.2, 0.25) is 0 Å². The van der Waals surface area contributed by atoms with Crippen LogP contribution < -0.4 is 4.87 Å². The minimum atomic E-state index is -3.57. The van der Waals surface area contributed by atoms with Crippen molar-refractivity contribution in [3.63, 3.8) is 0 Å². The van der Waals surface area contributed by atoms with Crippen LogP contribution in [-0.4, -0.2) is 43.5 Å². The smallest absolute Gasteiger partial charge is 0.305 e. The van der Waals surface area contributed by atoms with Crippen LogP contribution in [0.3, 0.4) is 0 Å². The van der Waals surface area contributed by atoms with Gasteiger partial charge in [-0.15, -0.1) is 0 Å². The normalized spacial score (nSPS) is 23.6. The van der Waals surface area contributed by atoms with Crippen molar-refractivity contribution in [1.82, 2.24) is 9.29 Å². The van der Waals surface area contributed by atoms with Crippen LogP contribution in [0.25, 0.3) is 0 Å². The fourth-order valence-electron chi connectivity index (χ4n) is 2.53. The van der Waals surface area contributed by atoms with Gasteiger partial charge in [-0.3, -0.25) is 4.79 Å². The third-order valence-corrected chi connectivity index (χ3v) is 7.24. The molecule has 0 aromatic carbocycles. The second kappa shape index (κ2) is 5.25. The Balaban J connectivity index is 1.89. The number of aromatic amines is 1. The van der Waals surface area contributed by atoms with Crippen molar-refractivity contribution in [2.24, 2.45) is 5.92 Å². The van der Waals surface area contributed by atoms with Crippen LogP contribution in [0.4, 0.5) is 0 Å². The first-order valence-corrected chi connectivity index (χ1v) is 9.03. The molecule has 0 bridgehead atoms. The molecule has 0 radical (unpaired) electrons. The number of ether oxygens (including phenoxy) is 1. The van der Waals surface area contributed by atoms with E-state index in [0.717, 1.165) is 30.6 Å². The lowest BCUT2D eigenvalue weighted by Crippen LogP contribution is -2.37. The summed E-state index contributed by atoms with van der Waals surface area (Å²) in [5.74, 6) is 0.265. The SMILES string of the molecule is Cc1[nH]c(=O)sc1S(=O)(=O)N(CC1CCOC1)C1CC1. The Labute approximate surface area is 121 Å². The van der Waals surface area contributed by atoms with E-state index in [4.69, 9.17) is 4.74 Å². The van der Waals surface area contributed by atoms with Gasteiger partial charge in [-0.1, -0.05) is 11.3 Å². The predicted molar refractivity (Wildman–Crippen MR) is 75.5 cm³/mol. The molecule has 1 atom stereocenters. The lowest BCUT2D eigenvalue weighted by molar-refractivity contribution is 0.180. The molecule has 112 valence electrons. The maximum absolute atomic E-state index is 12.8. The van der Waals surface area contributed by atoms with E-state index in [2.05, 4.69) is 4.98 Å². The molecule has 0 amide bonds. The zero-order valence-corrected chi connectivity index (χ0v) is 12.9. The molecular weight excluding hydrogens is 300 g/mol. The van der Waals surface area contributed by atoms with E-state index in [9.17, 15) is 13.2 Å². The number of aryl methyl sites for hydroxylation is 1. The zero-order chi connectivity index (χ0) is 14.3. The largest absolute Gasteiger partial charge is 0.381 e.